The highest BCUT2D eigenvalue weighted by atomic mass is 19.4. The lowest BCUT2D eigenvalue weighted by Gasteiger charge is -2.10. The molecule has 0 atom stereocenters. The van der Waals surface area contributed by atoms with Crippen molar-refractivity contribution in [3.63, 3.8) is 0 Å². The van der Waals surface area contributed by atoms with Gasteiger partial charge in [0.2, 0.25) is 5.62 Å². The Morgan fingerprint density at radius 1 is 1.00 bits per heavy atom. The Labute approximate surface area is 212 Å². The quantitative estimate of drug-likeness (QED) is 0.314. The average Bonchev–Trinajstić information content (AvgIpc) is 3.38. The average molecular weight is 529 g/mol. The van der Waals surface area contributed by atoms with E-state index < -0.39 is 18.5 Å². The topological polar surface area (TPSA) is 86.5 Å². The molecule has 38 heavy (non-hydrogen) atoms. The molecule has 0 amide bonds. The van der Waals surface area contributed by atoms with Crippen molar-refractivity contribution < 1.29 is 26.7 Å². The maximum absolute atomic E-state index is 13.0. The van der Waals surface area contributed by atoms with Gasteiger partial charge in [-0.2, -0.15) is 22.0 Å². The Morgan fingerprint density at radius 3 is 2.37 bits per heavy atom. The van der Waals surface area contributed by atoms with Crippen LogP contribution >= 0.6 is 0 Å². The van der Waals surface area contributed by atoms with Gasteiger partial charge in [0.25, 0.3) is 0 Å². The van der Waals surface area contributed by atoms with E-state index in [9.17, 15) is 22.0 Å². The third-order valence-electron chi connectivity index (χ3n) is 6.00. The lowest BCUT2D eigenvalue weighted by Crippen LogP contribution is -2.23. The van der Waals surface area contributed by atoms with Crippen LogP contribution < -0.4 is 10.4 Å². The number of fused-ring (bicyclic) bond motifs is 1. The zero-order chi connectivity index (χ0) is 27.2. The molecule has 0 saturated carbocycles. The molecule has 0 bridgehead atoms. The number of halogens is 5. The fourth-order valence-electron chi connectivity index (χ4n) is 4.14. The minimum Gasteiger partial charge on any atom is -0.434 e. The van der Waals surface area contributed by atoms with Crippen molar-refractivity contribution in [3.8, 4) is 28.5 Å². The van der Waals surface area contributed by atoms with E-state index >= 15 is 0 Å². The van der Waals surface area contributed by atoms with Crippen molar-refractivity contribution in [1.29, 1.82) is 5.41 Å². The Bertz CT molecular complexity index is 1680. The Balaban J connectivity index is 1.50. The summed E-state index contributed by atoms with van der Waals surface area (Å²) >= 11 is 0. The first-order valence-electron chi connectivity index (χ1n) is 11.2. The zero-order valence-electron chi connectivity index (χ0n) is 20.0. The molecule has 0 unspecified atom stereocenters. The molecule has 0 saturated heterocycles. The number of benzene rings is 2. The van der Waals surface area contributed by atoms with Gasteiger partial charge in [-0.05, 0) is 17.7 Å². The number of hydrogen-bond donors (Lipinski definition) is 1. The van der Waals surface area contributed by atoms with Crippen LogP contribution in [0, 0.1) is 5.41 Å². The number of para-hydroxylation sites is 1. The number of rotatable bonds is 6. The SMILES string of the molecule is Cn1cc(C(F)(F)F)nc1-c1ccc(Cn2c(=N)n(C)c3cnc(-c4ccccc4OC(F)F)nc32)cc1. The van der Waals surface area contributed by atoms with Gasteiger partial charge < -0.3 is 13.9 Å². The first-order valence-corrected chi connectivity index (χ1v) is 11.2. The summed E-state index contributed by atoms with van der Waals surface area (Å²) in [5.74, 6) is 0.248. The van der Waals surface area contributed by atoms with Gasteiger partial charge in [0.1, 0.15) is 17.1 Å². The van der Waals surface area contributed by atoms with E-state index in [1.807, 2.05) is 0 Å². The smallest absolute Gasteiger partial charge is 0.434 e. The molecule has 2 aromatic carbocycles. The van der Waals surface area contributed by atoms with Crippen LogP contribution in [-0.2, 0) is 26.8 Å². The first-order chi connectivity index (χ1) is 18.0. The second-order valence-electron chi connectivity index (χ2n) is 8.50. The predicted molar refractivity (Wildman–Crippen MR) is 127 cm³/mol. The molecule has 0 aliphatic heterocycles. The van der Waals surface area contributed by atoms with Crippen LogP contribution in [0.25, 0.3) is 33.9 Å². The predicted octanol–water partition coefficient (Wildman–Crippen LogP) is 4.99. The van der Waals surface area contributed by atoms with Gasteiger partial charge in [-0.1, -0.05) is 36.4 Å². The van der Waals surface area contributed by atoms with E-state index in [0.717, 1.165) is 11.8 Å². The van der Waals surface area contributed by atoms with E-state index in [-0.39, 0.29) is 35.1 Å². The van der Waals surface area contributed by atoms with Crippen LogP contribution in [0.1, 0.15) is 11.3 Å². The standard InChI is InChI=1S/C25H20F5N7O/c1-35-13-19(25(28,29)30)33-21(35)15-9-7-14(8-10-15)12-37-22-17(36(2)24(37)31)11-32-20(34-22)16-5-3-4-6-18(16)38-23(26)27/h3-11,13,23,31H,12H2,1-2H3. The van der Waals surface area contributed by atoms with Crippen LogP contribution in [0.3, 0.4) is 0 Å². The second kappa shape index (κ2) is 9.39. The number of nitrogens with one attached hydrogen (secondary N) is 1. The molecule has 1 N–H and O–H groups in total. The van der Waals surface area contributed by atoms with Crippen LogP contribution in [-0.4, -0.2) is 35.3 Å². The molecule has 0 spiro atoms. The van der Waals surface area contributed by atoms with Gasteiger partial charge in [-0.25, -0.2) is 15.0 Å². The lowest BCUT2D eigenvalue weighted by molar-refractivity contribution is -0.140. The Hall–Kier alpha value is -4.55. The van der Waals surface area contributed by atoms with Crippen LogP contribution in [0.2, 0.25) is 0 Å². The molecule has 0 fully saturated rings. The molecule has 8 nitrogen and oxygen atoms in total. The molecular weight excluding hydrogens is 509 g/mol. The van der Waals surface area contributed by atoms with Crippen molar-refractivity contribution in [3.05, 3.63) is 77.8 Å². The van der Waals surface area contributed by atoms with Gasteiger partial charge in [0, 0.05) is 25.9 Å². The van der Waals surface area contributed by atoms with Gasteiger partial charge in [0.15, 0.2) is 17.2 Å². The third kappa shape index (κ3) is 4.62. The van der Waals surface area contributed by atoms with Crippen molar-refractivity contribution in [2.45, 2.75) is 19.3 Å². The number of aromatic nitrogens is 6. The van der Waals surface area contributed by atoms with Gasteiger partial charge in [-0.3, -0.25) is 9.98 Å². The van der Waals surface area contributed by atoms with E-state index in [0.29, 0.717) is 16.7 Å². The number of ether oxygens (including phenoxy) is 1. The summed E-state index contributed by atoms with van der Waals surface area (Å²) in [7, 11) is 3.17. The molecule has 5 aromatic rings. The van der Waals surface area contributed by atoms with Crippen LogP contribution in [0.5, 0.6) is 5.75 Å². The molecule has 5 rings (SSSR count). The van der Waals surface area contributed by atoms with E-state index in [4.69, 9.17) is 5.41 Å². The molecule has 0 aliphatic rings. The number of alkyl halides is 5. The summed E-state index contributed by atoms with van der Waals surface area (Å²) in [6, 6.07) is 12.9. The largest absolute Gasteiger partial charge is 0.434 e. The fourth-order valence-corrected chi connectivity index (χ4v) is 4.14. The highest BCUT2D eigenvalue weighted by molar-refractivity contribution is 5.75. The van der Waals surface area contributed by atoms with Crippen molar-refractivity contribution in [1.82, 2.24) is 28.7 Å². The van der Waals surface area contributed by atoms with Gasteiger partial charge >= 0.3 is 12.8 Å². The Morgan fingerprint density at radius 2 is 1.71 bits per heavy atom. The molecule has 0 radical (unpaired) electrons. The summed E-state index contributed by atoms with van der Waals surface area (Å²) in [6.45, 7) is -2.80. The second-order valence-corrected chi connectivity index (χ2v) is 8.50. The van der Waals surface area contributed by atoms with E-state index in [1.54, 1.807) is 58.6 Å². The van der Waals surface area contributed by atoms with Gasteiger partial charge in [-0.15, -0.1) is 0 Å². The summed E-state index contributed by atoms with van der Waals surface area (Å²) in [5.41, 5.74) is 1.63. The summed E-state index contributed by atoms with van der Waals surface area (Å²) in [6.07, 6.45) is -2.10. The third-order valence-corrected chi connectivity index (χ3v) is 6.00. The van der Waals surface area contributed by atoms with Crippen LogP contribution in [0.4, 0.5) is 22.0 Å². The minimum absolute atomic E-state index is 0.0750. The number of imidazole rings is 2. The summed E-state index contributed by atoms with van der Waals surface area (Å²) in [4.78, 5) is 12.6. The lowest BCUT2D eigenvalue weighted by atomic mass is 10.1. The normalized spacial score (nSPS) is 12.0. The molecule has 0 aliphatic carbocycles. The summed E-state index contributed by atoms with van der Waals surface area (Å²) < 4.78 is 74.0. The number of hydrogen-bond acceptors (Lipinski definition) is 5. The first kappa shape index (κ1) is 25.1. The van der Waals surface area contributed by atoms with Crippen LogP contribution in [0.15, 0.2) is 60.9 Å². The number of aryl methyl sites for hydroxylation is 2. The molecular formula is C25H20F5N7O. The number of nitrogens with zero attached hydrogens (tertiary/aromatic N) is 6. The minimum atomic E-state index is -4.54. The Kier molecular flexibility index (Phi) is 6.21. The van der Waals surface area contributed by atoms with Crippen molar-refractivity contribution in [2.24, 2.45) is 14.1 Å². The molecule has 13 heteroatoms. The molecule has 196 valence electrons. The highest BCUT2D eigenvalue weighted by Gasteiger charge is 2.34. The fraction of sp³-hybridized carbons (Fsp3) is 0.200. The van der Waals surface area contributed by atoms with Crippen molar-refractivity contribution >= 4 is 11.2 Å². The highest BCUT2D eigenvalue weighted by Crippen LogP contribution is 2.31. The maximum Gasteiger partial charge on any atom is 0.434 e. The monoisotopic (exact) mass is 529 g/mol. The zero-order valence-corrected chi connectivity index (χ0v) is 20.0. The van der Waals surface area contributed by atoms with Crippen molar-refractivity contribution in [2.75, 3.05) is 0 Å². The maximum atomic E-state index is 13.0. The molecule has 3 aromatic heterocycles. The van der Waals surface area contributed by atoms with Gasteiger partial charge in [0.05, 0.1) is 18.3 Å². The molecule has 3 heterocycles. The van der Waals surface area contributed by atoms with E-state index in [1.165, 1.54) is 23.9 Å². The van der Waals surface area contributed by atoms with E-state index in [2.05, 4.69) is 19.7 Å². The summed E-state index contributed by atoms with van der Waals surface area (Å²) in [5, 5.41) is 8.56.